The number of likely N-dealkylation sites (tertiary alicyclic amines) is 1. The molecule has 0 radical (unpaired) electrons. The summed E-state index contributed by atoms with van der Waals surface area (Å²) in [5.41, 5.74) is 1.21. The molecule has 1 aliphatic heterocycles. The van der Waals surface area contributed by atoms with Crippen LogP contribution in [0.15, 0.2) is 24.3 Å². The van der Waals surface area contributed by atoms with E-state index in [1.165, 1.54) is 7.11 Å². The molecule has 1 aliphatic carbocycles. The second kappa shape index (κ2) is 7.72. The Morgan fingerprint density at radius 1 is 1.32 bits per heavy atom. The Hall–Kier alpha value is -2.23. The van der Waals surface area contributed by atoms with E-state index >= 15 is 0 Å². The van der Waals surface area contributed by atoms with Crippen molar-refractivity contribution in [3.63, 3.8) is 0 Å². The fraction of sp³-hybridized carbons (Fsp3) is 0.545. The van der Waals surface area contributed by atoms with Gasteiger partial charge in [-0.25, -0.2) is 0 Å². The molecule has 1 aromatic heterocycles. The minimum Gasteiger partial charge on any atom is -0.469 e. The van der Waals surface area contributed by atoms with E-state index in [4.69, 9.17) is 8.92 Å². The molecular formula is C22H28N2O6S. The topological polar surface area (TPSA) is 106 Å². The van der Waals surface area contributed by atoms with Crippen molar-refractivity contribution in [2.75, 3.05) is 33.5 Å². The predicted molar refractivity (Wildman–Crippen MR) is 115 cm³/mol. The Kier molecular flexibility index (Phi) is 5.47. The number of carbonyl (C=O) groups is 2. The molecule has 0 amide bonds. The molecule has 31 heavy (non-hydrogen) atoms. The van der Waals surface area contributed by atoms with Crippen molar-refractivity contribution in [3.8, 4) is 0 Å². The summed E-state index contributed by atoms with van der Waals surface area (Å²) < 4.78 is 34.2. The molecule has 9 heteroatoms. The zero-order valence-electron chi connectivity index (χ0n) is 18.2. The van der Waals surface area contributed by atoms with E-state index in [9.17, 15) is 18.0 Å². The first-order valence-corrected chi connectivity index (χ1v) is 12.2. The van der Waals surface area contributed by atoms with Gasteiger partial charge in [0.05, 0.1) is 30.6 Å². The van der Waals surface area contributed by atoms with E-state index in [1.807, 2.05) is 36.2 Å². The number of methoxy groups -OCH3 is 1. The molecule has 0 unspecified atom stereocenters. The lowest BCUT2D eigenvalue weighted by Crippen LogP contribution is -2.59. The summed E-state index contributed by atoms with van der Waals surface area (Å²) in [7, 11) is -0.443. The van der Waals surface area contributed by atoms with Crippen LogP contribution in [0.2, 0.25) is 0 Å². The van der Waals surface area contributed by atoms with Gasteiger partial charge in [-0.1, -0.05) is 18.2 Å². The number of hydrogen-bond donors (Lipinski definition) is 1. The Balaban J connectivity index is 1.87. The number of ether oxygens (including phenoxy) is 1. The third kappa shape index (κ3) is 3.79. The van der Waals surface area contributed by atoms with Crippen molar-refractivity contribution in [2.24, 2.45) is 17.3 Å². The normalized spacial score (nSPS) is 27.9. The summed E-state index contributed by atoms with van der Waals surface area (Å²) in [6, 6.07) is 7.67. The molecule has 0 bridgehead atoms. The van der Waals surface area contributed by atoms with Crippen molar-refractivity contribution in [1.29, 1.82) is 0 Å². The van der Waals surface area contributed by atoms with Crippen LogP contribution in [0.25, 0.3) is 10.9 Å². The SMILES string of the molecule is COC(=O)[C@]12Cc3c([nH]c4ccccc34)C(=O)C[C@H]1[C@@H]([C@@H](C)OS(C)(=O)=O)CN(C)C2. The lowest BCUT2D eigenvalue weighted by molar-refractivity contribution is -0.165. The van der Waals surface area contributed by atoms with E-state index in [-0.39, 0.29) is 24.1 Å². The highest BCUT2D eigenvalue weighted by Crippen LogP contribution is 2.49. The second-order valence-corrected chi connectivity index (χ2v) is 10.5. The number of hydrogen-bond acceptors (Lipinski definition) is 7. The van der Waals surface area contributed by atoms with Crippen molar-refractivity contribution in [2.45, 2.75) is 25.9 Å². The van der Waals surface area contributed by atoms with Crippen molar-refractivity contribution < 1.29 is 26.9 Å². The van der Waals surface area contributed by atoms with E-state index in [0.29, 0.717) is 25.2 Å². The van der Waals surface area contributed by atoms with E-state index in [1.54, 1.807) is 6.92 Å². The number of nitrogens with one attached hydrogen (secondary N) is 1. The number of aromatic amines is 1. The molecule has 4 rings (SSSR count). The minimum atomic E-state index is -3.69. The lowest BCUT2D eigenvalue weighted by atomic mass is 9.62. The number of esters is 1. The first-order valence-electron chi connectivity index (χ1n) is 10.3. The molecular weight excluding hydrogens is 420 g/mol. The van der Waals surface area contributed by atoms with Crippen molar-refractivity contribution in [3.05, 3.63) is 35.5 Å². The number of piperidine rings is 1. The largest absolute Gasteiger partial charge is 0.469 e. The number of para-hydroxylation sites is 1. The van der Waals surface area contributed by atoms with Crippen LogP contribution in [-0.2, 0) is 30.3 Å². The molecule has 2 aromatic rings. The van der Waals surface area contributed by atoms with Crippen LogP contribution in [0.1, 0.15) is 29.4 Å². The number of fused-ring (bicyclic) bond motifs is 4. The second-order valence-electron chi connectivity index (χ2n) is 8.95. The van der Waals surface area contributed by atoms with Gasteiger partial charge in [0, 0.05) is 36.3 Å². The zero-order valence-corrected chi connectivity index (χ0v) is 19.0. The van der Waals surface area contributed by atoms with Crippen LogP contribution in [0, 0.1) is 17.3 Å². The lowest BCUT2D eigenvalue weighted by Gasteiger charge is -2.50. The fourth-order valence-electron chi connectivity index (χ4n) is 5.65. The molecule has 168 valence electrons. The highest BCUT2D eigenvalue weighted by Gasteiger charge is 2.57. The van der Waals surface area contributed by atoms with Gasteiger partial charge in [-0.3, -0.25) is 13.8 Å². The summed E-state index contributed by atoms with van der Waals surface area (Å²) >= 11 is 0. The Labute approximate surface area is 182 Å². The van der Waals surface area contributed by atoms with Crippen LogP contribution in [0.3, 0.4) is 0 Å². The van der Waals surface area contributed by atoms with E-state index < -0.39 is 27.6 Å². The molecule has 0 spiro atoms. The first kappa shape index (κ1) is 22.0. The van der Waals surface area contributed by atoms with Gasteiger partial charge in [-0.15, -0.1) is 0 Å². The summed E-state index contributed by atoms with van der Waals surface area (Å²) in [5.74, 6) is -1.22. The highest BCUT2D eigenvalue weighted by molar-refractivity contribution is 7.86. The maximum atomic E-state index is 13.4. The number of aromatic nitrogens is 1. The Bertz CT molecular complexity index is 1140. The Morgan fingerprint density at radius 2 is 2.03 bits per heavy atom. The number of carbonyl (C=O) groups excluding carboxylic acids is 2. The van der Waals surface area contributed by atoms with Gasteiger partial charge in [-0.05, 0) is 37.9 Å². The molecule has 0 saturated carbocycles. The van der Waals surface area contributed by atoms with Gasteiger partial charge >= 0.3 is 5.97 Å². The number of rotatable bonds is 4. The number of nitrogens with zero attached hydrogens (tertiary/aromatic N) is 1. The zero-order chi connectivity index (χ0) is 22.6. The molecule has 1 fully saturated rings. The minimum absolute atomic E-state index is 0.0805. The van der Waals surface area contributed by atoms with Gasteiger partial charge in [0.2, 0.25) is 0 Å². The predicted octanol–water partition coefficient (Wildman–Crippen LogP) is 2.00. The van der Waals surface area contributed by atoms with Crippen molar-refractivity contribution in [1.82, 2.24) is 9.88 Å². The molecule has 1 saturated heterocycles. The van der Waals surface area contributed by atoms with Crippen LogP contribution in [-0.4, -0.2) is 69.7 Å². The third-order valence-corrected chi connectivity index (χ3v) is 7.47. The first-order chi connectivity index (χ1) is 14.6. The van der Waals surface area contributed by atoms with E-state index in [0.717, 1.165) is 22.7 Å². The maximum Gasteiger partial charge on any atom is 0.313 e. The fourth-order valence-corrected chi connectivity index (χ4v) is 6.34. The summed E-state index contributed by atoms with van der Waals surface area (Å²) in [5, 5.41) is 0.917. The molecule has 8 nitrogen and oxygen atoms in total. The highest BCUT2D eigenvalue weighted by atomic mass is 32.2. The molecule has 1 aromatic carbocycles. The molecule has 1 N–H and O–H groups in total. The van der Waals surface area contributed by atoms with Crippen LogP contribution in [0.5, 0.6) is 0 Å². The van der Waals surface area contributed by atoms with Gasteiger partial charge in [0.1, 0.15) is 0 Å². The number of ketones is 1. The van der Waals surface area contributed by atoms with Crippen LogP contribution in [0.4, 0.5) is 0 Å². The van der Waals surface area contributed by atoms with E-state index in [2.05, 4.69) is 4.98 Å². The molecule has 2 aliphatic rings. The summed E-state index contributed by atoms with van der Waals surface area (Å²) in [6.07, 6.45) is 0.777. The standard InChI is InChI=1S/C22H28N2O6S/c1-13(30-31(4,27)28)16-11-24(2)12-22(21(26)29-3)10-15-14-7-5-6-8-18(14)23-20(15)19(25)9-17(16)22/h5-8,13,16-17,23H,9-12H2,1-4H3/t13-,16-,17+,22+/m1/s1. The van der Waals surface area contributed by atoms with Gasteiger partial charge in [0.15, 0.2) is 5.78 Å². The summed E-state index contributed by atoms with van der Waals surface area (Å²) in [6.45, 7) is 2.62. The third-order valence-electron chi connectivity index (χ3n) is 6.81. The molecule has 4 atom stereocenters. The van der Waals surface area contributed by atoms with Gasteiger partial charge in [-0.2, -0.15) is 8.42 Å². The van der Waals surface area contributed by atoms with Crippen LogP contribution < -0.4 is 0 Å². The average Bonchev–Trinajstić information content (AvgIpc) is 3.00. The monoisotopic (exact) mass is 448 g/mol. The number of benzene rings is 1. The smallest absolute Gasteiger partial charge is 0.313 e. The quantitative estimate of drug-likeness (QED) is 0.563. The number of Topliss-reactive ketones (excluding diaryl/α,β-unsaturated/α-hetero) is 1. The molecule has 2 heterocycles. The van der Waals surface area contributed by atoms with Crippen molar-refractivity contribution >= 4 is 32.8 Å². The maximum absolute atomic E-state index is 13.4. The summed E-state index contributed by atoms with van der Waals surface area (Å²) in [4.78, 5) is 31.9. The van der Waals surface area contributed by atoms with Gasteiger partial charge < -0.3 is 14.6 Å². The average molecular weight is 449 g/mol. The van der Waals surface area contributed by atoms with Crippen LogP contribution >= 0.6 is 0 Å². The van der Waals surface area contributed by atoms with Gasteiger partial charge in [0.25, 0.3) is 10.1 Å². The number of H-pyrrole nitrogens is 1. The Morgan fingerprint density at radius 3 is 2.71 bits per heavy atom.